The zero-order valence-electron chi connectivity index (χ0n) is 12.3. The van der Waals surface area contributed by atoms with Gasteiger partial charge in [-0.3, -0.25) is 4.90 Å². The monoisotopic (exact) mass is 274 g/mol. The summed E-state index contributed by atoms with van der Waals surface area (Å²) in [4.78, 5) is 2.61. The Morgan fingerprint density at radius 1 is 1.20 bits per heavy atom. The van der Waals surface area contributed by atoms with E-state index in [2.05, 4.69) is 17.0 Å². The van der Waals surface area contributed by atoms with Crippen molar-refractivity contribution in [2.24, 2.45) is 0 Å². The largest absolute Gasteiger partial charge is 0.398 e. The molecule has 2 aliphatic rings. The van der Waals surface area contributed by atoms with E-state index in [1.807, 2.05) is 12.1 Å². The van der Waals surface area contributed by atoms with Gasteiger partial charge < -0.3 is 10.5 Å². The van der Waals surface area contributed by atoms with E-state index < -0.39 is 0 Å². The molecule has 1 aromatic carbocycles. The van der Waals surface area contributed by atoms with Gasteiger partial charge >= 0.3 is 0 Å². The minimum atomic E-state index is 0.526. The fraction of sp³-hybridized carbons (Fsp3) is 0.647. The van der Waals surface area contributed by atoms with E-state index in [9.17, 15) is 0 Å². The lowest BCUT2D eigenvalue weighted by molar-refractivity contribution is 0.0979. The zero-order chi connectivity index (χ0) is 13.8. The lowest BCUT2D eigenvalue weighted by Crippen LogP contribution is -2.27. The van der Waals surface area contributed by atoms with Crippen molar-refractivity contribution in [3.63, 3.8) is 0 Å². The van der Waals surface area contributed by atoms with Gasteiger partial charge in [-0.2, -0.15) is 0 Å². The Labute approximate surface area is 122 Å². The predicted molar refractivity (Wildman–Crippen MR) is 82.5 cm³/mol. The molecule has 2 N–H and O–H groups in total. The highest BCUT2D eigenvalue weighted by Crippen LogP contribution is 2.30. The number of ether oxygens (including phenoxy) is 1. The third kappa shape index (κ3) is 3.74. The summed E-state index contributed by atoms with van der Waals surface area (Å²) in [6, 6.07) is 9.05. The number of nitrogens with zero attached hydrogens (tertiary/aromatic N) is 1. The molecule has 0 radical (unpaired) electrons. The van der Waals surface area contributed by atoms with Crippen LogP contribution in [0.15, 0.2) is 24.3 Å². The standard InChI is InChI=1S/C17H26N2O/c18-17-8-2-1-5-14(17)13-19(15-9-10-15)11-3-6-16-7-4-12-20-16/h1-2,5,8,15-16H,3-4,6-7,9-13,18H2. The number of benzene rings is 1. The SMILES string of the molecule is Nc1ccccc1CN(CCCC1CCCO1)C1CC1. The first-order valence-electron chi connectivity index (χ1n) is 8.02. The van der Waals surface area contributed by atoms with Crippen LogP contribution in [0.3, 0.4) is 0 Å². The summed E-state index contributed by atoms with van der Waals surface area (Å²) in [5.41, 5.74) is 8.27. The van der Waals surface area contributed by atoms with E-state index in [0.29, 0.717) is 6.10 Å². The second-order valence-electron chi connectivity index (χ2n) is 6.18. The normalized spacial score (nSPS) is 22.6. The molecule has 1 unspecified atom stereocenters. The highest BCUT2D eigenvalue weighted by atomic mass is 16.5. The van der Waals surface area contributed by atoms with E-state index in [-0.39, 0.29) is 0 Å². The third-order valence-electron chi connectivity index (χ3n) is 4.49. The number of anilines is 1. The second kappa shape index (κ2) is 6.59. The van der Waals surface area contributed by atoms with Crippen molar-refractivity contribution in [1.82, 2.24) is 4.90 Å². The number of para-hydroxylation sites is 1. The number of rotatable bonds is 7. The van der Waals surface area contributed by atoms with Crippen LogP contribution in [-0.4, -0.2) is 30.2 Å². The van der Waals surface area contributed by atoms with Crippen LogP contribution < -0.4 is 5.73 Å². The first kappa shape index (κ1) is 13.9. The van der Waals surface area contributed by atoms with Crippen LogP contribution in [-0.2, 0) is 11.3 Å². The van der Waals surface area contributed by atoms with Crippen LogP contribution in [0.4, 0.5) is 5.69 Å². The van der Waals surface area contributed by atoms with Crippen molar-refractivity contribution < 1.29 is 4.74 Å². The quantitative estimate of drug-likeness (QED) is 0.776. The van der Waals surface area contributed by atoms with Crippen molar-refractivity contribution in [2.75, 3.05) is 18.9 Å². The molecule has 1 aliphatic carbocycles. The number of hydrogen-bond donors (Lipinski definition) is 1. The maximum atomic E-state index is 6.07. The molecule has 3 heteroatoms. The van der Waals surface area contributed by atoms with Gasteiger partial charge in [0.25, 0.3) is 0 Å². The number of nitrogens with two attached hydrogens (primary N) is 1. The van der Waals surface area contributed by atoms with E-state index in [4.69, 9.17) is 10.5 Å². The molecule has 3 rings (SSSR count). The summed E-state index contributed by atoms with van der Waals surface area (Å²) in [5, 5.41) is 0. The second-order valence-corrected chi connectivity index (χ2v) is 6.18. The van der Waals surface area contributed by atoms with E-state index in [1.165, 1.54) is 50.6 Å². The molecular formula is C17H26N2O. The Morgan fingerprint density at radius 3 is 2.75 bits per heavy atom. The fourth-order valence-electron chi connectivity index (χ4n) is 3.12. The predicted octanol–water partition coefficient (Wildman–Crippen LogP) is 3.19. The zero-order valence-corrected chi connectivity index (χ0v) is 12.3. The van der Waals surface area contributed by atoms with Crippen molar-refractivity contribution in [3.8, 4) is 0 Å². The van der Waals surface area contributed by atoms with Crippen molar-refractivity contribution in [2.45, 2.75) is 57.2 Å². The van der Waals surface area contributed by atoms with E-state index >= 15 is 0 Å². The van der Waals surface area contributed by atoms with Gasteiger partial charge in [-0.05, 0) is 56.7 Å². The average Bonchev–Trinajstić information content (AvgIpc) is 3.17. The molecule has 1 saturated heterocycles. The lowest BCUT2D eigenvalue weighted by atomic mass is 10.1. The maximum absolute atomic E-state index is 6.07. The summed E-state index contributed by atoms with van der Waals surface area (Å²) in [6.07, 6.45) is 8.20. The molecule has 1 atom stereocenters. The maximum Gasteiger partial charge on any atom is 0.0576 e. The number of hydrogen-bond acceptors (Lipinski definition) is 3. The summed E-state index contributed by atoms with van der Waals surface area (Å²) >= 11 is 0. The van der Waals surface area contributed by atoms with E-state index in [1.54, 1.807) is 0 Å². The molecule has 0 aromatic heterocycles. The topological polar surface area (TPSA) is 38.5 Å². The molecular weight excluding hydrogens is 248 g/mol. The molecule has 0 amide bonds. The smallest absolute Gasteiger partial charge is 0.0576 e. The van der Waals surface area contributed by atoms with Crippen LogP contribution >= 0.6 is 0 Å². The Kier molecular flexibility index (Phi) is 4.58. The fourth-order valence-corrected chi connectivity index (χ4v) is 3.12. The summed E-state index contributed by atoms with van der Waals surface area (Å²) < 4.78 is 5.71. The molecule has 2 fully saturated rings. The van der Waals surface area contributed by atoms with Crippen LogP contribution in [0.1, 0.15) is 44.1 Å². The molecule has 1 heterocycles. The van der Waals surface area contributed by atoms with Gasteiger partial charge in [0.1, 0.15) is 0 Å². The lowest BCUT2D eigenvalue weighted by Gasteiger charge is -2.23. The molecule has 1 saturated carbocycles. The molecule has 1 aliphatic heterocycles. The van der Waals surface area contributed by atoms with Crippen LogP contribution in [0.5, 0.6) is 0 Å². The van der Waals surface area contributed by atoms with Crippen LogP contribution in [0, 0.1) is 0 Å². The highest BCUT2D eigenvalue weighted by Gasteiger charge is 2.29. The first-order valence-corrected chi connectivity index (χ1v) is 8.02. The molecule has 110 valence electrons. The highest BCUT2D eigenvalue weighted by molar-refractivity contribution is 5.46. The Hall–Kier alpha value is -1.06. The van der Waals surface area contributed by atoms with Gasteiger partial charge in [0.2, 0.25) is 0 Å². The van der Waals surface area contributed by atoms with Gasteiger partial charge in [-0.1, -0.05) is 18.2 Å². The Balaban J connectivity index is 1.49. The minimum absolute atomic E-state index is 0.526. The van der Waals surface area contributed by atoms with Crippen molar-refractivity contribution >= 4 is 5.69 Å². The molecule has 3 nitrogen and oxygen atoms in total. The van der Waals surface area contributed by atoms with Gasteiger partial charge in [-0.15, -0.1) is 0 Å². The Bertz CT molecular complexity index is 425. The first-order chi connectivity index (χ1) is 9.83. The summed E-state index contributed by atoms with van der Waals surface area (Å²) in [7, 11) is 0. The van der Waals surface area contributed by atoms with Crippen LogP contribution in [0.2, 0.25) is 0 Å². The average molecular weight is 274 g/mol. The summed E-state index contributed by atoms with van der Waals surface area (Å²) in [5.74, 6) is 0. The van der Waals surface area contributed by atoms with Crippen LogP contribution in [0.25, 0.3) is 0 Å². The minimum Gasteiger partial charge on any atom is -0.398 e. The van der Waals surface area contributed by atoms with Crippen molar-refractivity contribution in [3.05, 3.63) is 29.8 Å². The van der Waals surface area contributed by atoms with Gasteiger partial charge in [0, 0.05) is 24.9 Å². The molecule has 0 bridgehead atoms. The van der Waals surface area contributed by atoms with Gasteiger partial charge in [-0.25, -0.2) is 0 Å². The van der Waals surface area contributed by atoms with Gasteiger partial charge in [0.15, 0.2) is 0 Å². The molecule has 20 heavy (non-hydrogen) atoms. The Morgan fingerprint density at radius 2 is 2.05 bits per heavy atom. The van der Waals surface area contributed by atoms with Crippen molar-refractivity contribution in [1.29, 1.82) is 0 Å². The number of nitrogen functional groups attached to an aromatic ring is 1. The molecule has 0 spiro atoms. The third-order valence-corrected chi connectivity index (χ3v) is 4.49. The van der Waals surface area contributed by atoms with Gasteiger partial charge in [0.05, 0.1) is 6.10 Å². The van der Waals surface area contributed by atoms with E-state index in [0.717, 1.165) is 24.9 Å². The molecule has 1 aromatic rings. The summed E-state index contributed by atoms with van der Waals surface area (Å²) in [6.45, 7) is 3.15.